The van der Waals surface area contributed by atoms with Gasteiger partial charge in [-0.05, 0) is 24.7 Å². The number of carbonyl (C=O) groups is 2. The summed E-state index contributed by atoms with van der Waals surface area (Å²) in [6.07, 6.45) is 4.60. The molecule has 0 spiro atoms. The molecule has 1 aliphatic carbocycles. The van der Waals surface area contributed by atoms with E-state index in [1.807, 2.05) is 0 Å². The summed E-state index contributed by atoms with van der Waals surface area (Å²) in [5.74, 6) is 0.0414. The zero-order valence-corrected chi connectivity index (χ0v) is 8.82. The summed E-state index contributed by atoms with van der Waals surface area (Å²) >= 11 is 0. The molecule has 0 bridgehead atoms. The Morgan fingerprint density at radius 1 is 1.13 bits per heavy atom. The molecule has 0 radical (unpaired) electrons. The van der Waals surface area contributed by atoms with E-state index in [0.717, 1.165) is 13.1 Å². The van der Waals surface area contributed by atoms with Gasteiger partial charge in [0.1, 0.15) is 6.42 Å². The minimum atomic E-state index is -1.02. The van der Waals surface area contributed by atoms with Crippen LogP contribution in [0.4, 0.5) is 0 Å². The molecule has 1 aliphatic heterocycles. The van der Waals surface area contributed by atoms with Crippen molar-refractivity contribution in [3.63, 3.8) is 0 Å². The maximum absolute atomic E-state index is 11.5. The van der Waals surface area contributed by atoms with Crippen LogP contribution >= 0.6 is 0 Å². The van der Waals surface area contributed by atoms with Crippen LogP contribution in [0.3, 0.4) is 0 Å². The molecule has 84 valence electrons. The fourth-order valence-electron chi connectivity index (χ4n) is 2.85. The van der Waals surface area contributed by atoms with Crippen molar-refractivity contribution in [1.82, 2.24) is 4.90 Å². The third-order valence-corrected chi connectivity index (χ3v) is 3.63. The van der Waals surface area contributed by atoms with Crippen LogP contribution in [0.5, 0.6) is 0 Å². The standard InChI is InChI=1S/C11H17NO3/c13-10(5-11(14)15)12-6-8-3-1-2-4-9(8)7-12/h8-9H,1-7H2,(H,14,15)/t8-,9+. The van der Waals surface area contributed by atoms with E-state index in [0.29, 0.717) is 11.8 Å². The molecule has 0 aromatic carbocycles. The SMILES string of the molecule is O=C(O)CC(=O)N1C[C@H]2CCCC[C@H]2C1. The summed E-state index contributed by atoms with van der Waals surface area (Å²) in [5, 5.41) is 8.56. The maximum Gasteiger partial charge on any atom is 0.312 e. The van der Waals surface area contributed by atoms with Crippen LogP contribution in [-0.2, 0) is 9.59 Å². The Balaban J connectivity index is 1.90. The maximum atomic E-state index is 11.5. The van der Waals surface area contributed by atoms with Crippen molar-refractivity contribution >= 4 is 11.9 Å². The molecular weight excluding hydrogens is 194 g/mol. The van der Waals surface area contributed by atoms with Crippen molar-refractivity contribution in [2.45, 2.75) is 32.1 Å². The van der Waals surface area contributed by atoms with E-state index in [2.05, 4.69) is 0 Å². The molecular formula is C11H17NO3. The zero-order chi connectivity index (χ0) is 10.8. The highest BCUT2D eigenvalue weighted by Gasteiger charge is 2.36. The van der Waals surface area contributed by atoms with Gasteiger partial charge in [0.25, 0.3) is 0 Å². The normalized spacial score (nSPS) is 30.0. The smallest absolute Gasteiger partial charge is 0.312 e. The summed E-state index contributed by atoms with van der Waals surface area (Å²) in [6.45, 7) is 1.58. The Bertz CT molecular complexity index is 263. The molecule has 1 heterocycles. The highest BCUT2D eigenvalue weighted by molar-refractivity contribution is 5.93. The molecule has 2 rings (SSSR count). The van der Waals surface area contributed by atoms with Crippen LogP contribution in [0.1, 0.15) is 32.1 Å². The molecule has 15 heavy (non-hydrogen) atoms. The van der Waals surface area contributed by atoms with Gasteiger partial charge in [-0.3, -0.25) is 9.59 Å². The molecule has 0 aromatic rings. The Morgan fingerprint density at radius 2 is 1.67 bits per heavy atom. The molecule has 4 heteroatoms. The molecule has 0 unspecified atom stereocenters. The summed E-state index contributed by atoms with van der Waals surface area (Å²) in [7, 11) is 0. The molecule has 0 aromatic heterocycles. The molecule has 1 saturated heterocycles. The fraction of sp³-hybridized carbons (Fsp3) is 0.818. The van der Waals surface area contributed by atoms with Crippen molar-refractivity contribution in [2.75, 3.05) is 13.1 Å². The van der Waals surface area contributed by atoms with Crippen molar-refractivity contribution < 1.29 is 14.7 Å². The van der Waals surface area contributed by atoms with Gasteiger partial charge in [-0.2, -0.15) is 0 Å². The highest BCUT2D eigenvalue weighted by Crippen LogP contribution is 2.36. The quantitative estimate of drug-likeness (QED) is 0.696. The van der Waals surface area contributed by atoms with Crippen LogP contribution in [0.2, 0.25) is 0 Å². The number of rotatable bonds is 2. The summed E-state index contributed by atoms with van der Waals surface area (Å²) < 4.78 is 0. The lowest BCUT2D eigenvalue weighted by Gasteiger charge is -2.22. The first-order valence-electron chi connectivity index (χ1n) is 5.66. The van der Waals surface area contributed by atoms with Gasteiger partial charge >= 0.3 is 5.97 Å². The molecule has 2 fully saturated rings. The number of likely N-dealkylation sites (tertiary alicyclic amines) is 1. The lowest BCUT2D eigenvalue weighted by atomic mass is 9.82. The Morgan fingerprint density at radius 3 is 2.13 bits per heavy atom. The lowest BCUT2D eigenvalue weighted by Crippen LogP contribution is -2.30. The highest BCUT2D eigenvalue weighted by atomic mass is 16.4. The third kappa shape index (κ3) is 2.30. The van der Waals surface area contributed by atoms with E-state index in [-0.39, 0.29) is 12.3 Å². The minimum Gasteiger partial charge on any atom is -0.481 e. The van der Waals surface area contributed by atoms with E-state index < -0.39 is 5.97 Å². The number of hydrogen-bond acceptors (Lipinski definition) is 2. The molecule has 2 aliphatic rings. The average molecular weight is 211 g/mol. The van der Waals surface area contributed by atoms with Crippen LogP contribution in [-0.4, -0.2) is 35.0 Å². The van der Waals surface area contributed by atoms with E-state index in [4.69, 9.17) is 5.11 Å². The fourth-order valence-corrected chi connectivity index (χ4v) is 2.85. The second-order valence-corrected chi connectivity index (χ2v) is 4.67. The van der Waals surface area contributed by atoms with Crippen LogP contribution in [0, 0.1) is 11.8 Å². The van der Waals surface area contributed by atoms with E-state index in [1.54, 1.807) is 4.90 Å². The van der Waals surface area contributed by atoms with E-state index >= 15 is 0 Å². The predicted molar refractivity (Wildman–Crippen MR) is 54.3 cm³/mol. The van der Waals surface area contributed by atoms with Crippen molar-refractivity contribution in [1.29, 1.82) is 0 Å². The van der Waals surface area contributed by atoms with Crippen LogP contribution in [0.15, 0.2) is 0 Å². The van der Waals surface area contributed by atoms with Gasteiger partial charge in [0.2, 0.25) is 5.91 Å². The number of amides is 1. The van der Waals surface area contributed by atoms with Gasteiger partial charge in [0, 0.05) is 13.1 Å². The molecule has 4 nitrogen and oxygen atoms in total. The Kier molecular flexibility index (Phi) is 2.93. The number of carboxylic acids is 1. The number of carboxylic acid groups (broad SMARTS) is 1. The largest absolute Gasteiger partial charge is 0.481 e. The number of fused-ring (bicyclic) bond motifs is 1. The molecule has 1 N–H and O–H groups in total. The number of aliphatic carboxylic acids is 1. The van der Waals surface area contributed by atoms with Gasteiger partial charge in [-0.1, -0.05) is 12.8 Å². The monoisotopic (exact) mass is 211 g/mol. The second kappa shape index (κ2) is 4.21. The van der Waals surface area contributed by atoms with Crippen LogP contribution in [0.25, 0.3) is 0 Å². The molecule has 1 saturated carbocycles. The topological polar surface area (TPSA) is 57.6 Å². The van der Waals surface area contributed by atoms with E-state index in [9.17, 15) is 9.59 Å². The van der Waals surface area contributed by atoms with Crippen molar-refractivity contribution in [2.24, 2.45) is 11.8 Å². The summed E-state index contributed by atoms with van der Waals surface area (Å²) in [6, 6.07) is 0. The van der Waals surface area contributed by atoms with Gasteiger partial charge in [0.05, 0.1) is 0 Å². The molecule has 2 atom stereocenters. The van der Waals surface area contributed by atoms with Gasteiger partial charge in [0.15, 0.2) is 0 Å². The Labute approximate surface area is 89.3 Å². The molecule has 1 amide bonds. The van der Waals surface area contributed by atoms with E-state index in [1.165, 1.54) is 25.7 Å². The summed E-state index contributed by atoms with van der Waals surface area (Å²) in [4.78, 5) is 23.7. The number of hydrogen-bond donors (Lipinski definition) is 1. The zero-order valence-electron chi connectivity index (χ0n) is 8.82. The average Bonchev–Trinajstić information content (AvgIpc) is 2.59. The van der Waals surface area contributed by atoms with Gasteiger partial charge in [-0.15, -0.1) is 0 Å². The Hall–Kier alpha value is -1.06. The van der Waals surface area contributed by atoms with Crippen molar-refractivity contribution in [3.05, 3.63) is 0 Å². The first-order chi connectivity index (χ1) is 7.16. The lowest BCUT2D eigenvalue weighted by molar-refractivity contribution is -0.143. The second-order valence-electron chi connectivity index (χ2n) is 4.67. The van der Waals surface area contributed by atoms with Gasteiger partial charge < -0.3 is 10.0 Å². The number of nitrogens with zero attached hydrogens (tertiary/aromatic N) is 1. The third-order valence-electron chi connectivity index (χ3n) is 3.63. The van der Waals surface area contributed by atoms with Gasteiger partial charge in [-0.25, -0.2) is 0 Å². The summed E-state index contributed by atoms with van der Waals surface area (Å²) in [5.41, 5.74) is 0. The first-order valence-corrected chi connectivity index (χ1v) is 5.66. The predicted octanol–water partition coefficient (Wildman–Crippen LogP) is 1.11. The number of carbonyl (C=O) groups excluding carboxylic acids is 1. The minimum absolute atomic E-state index is 0.211. The first kappa shape index (κ1) is 10.5. The van der Waals surface area contributed by atoms with Crippen molar-refractivity contribution in [3.8, 4) is 0 Å². The van der Waals surface area contributed by atoms with Crippen LogP contribution < -0.4 is 0 Å².